The summed E-state index contributed by atoms with van der Waals surface area (Å²) in [5.74, 6) is 1.55. The van der Waals surface area contributed by atoms with E-state index in [9.17, 15) is 0 Å². The molecule has 20 heavy (non-hydrogen) atoms. The van der Waals surface area contributed by atoms with Crippen molar-refractivity contribution in [2.45, 2.75) is 33.2 Å². The van der Waals surface area contributed by atoms with Crippen molar-refractivity contribution in [3.05, 3.63) is 47.7 Å². The van der Waals surface area contributed by atoms with E-state index in [0.29, 0.717) is 12.0 Å². The summed E-state index contributed by atoms with van der Waals surface area (Å²) in [7, 11) is 0. The highest BCUT2D eigenvalue weighted by atomic mass is 15.1. The molecule has 0 unspecified atom stereocenters. The SMILES string of the molecule is Cc1cc(NC(C)C)nc(NCCc2ccccc2)n1. The van der Waals surface area contributed by atoms with Crippen LogP contribution in [0.25, 0.3) is 0 Å². The van der Waals surface area contributed by atoms with E-state index in [1.54, 1.807) is 0 Å². The van der Waals surface area contributed by atoms with Gasteiger partial charge in [0, 0.05) is 24.3 Å². The Morgan fingerprint density at radius 1 is 1.10 bits per heavy atom. The third-order valence-electron chi connectivity index (χ3n) is 2.83. The van der Waals surface area contributed by atoms with E-state index in [1.807, 2.05) is 19.1 Å². The number of aryl methyl sites for hydroxylation is 1. The first-order chi connectivity index (χ1) is 9.63. The number of aromatic nitrogens is 2. The summed E-state index contributed by atoms with van der Waals surface area (Å²) in [6.07, 6.45) is 0.963. The predicted octanol–water partition coefficient (Wildman–Crippen LogP) is 3.26. The molecule has 0 spiro atoms. The zero-order valence-corrected chi connectivity index (χ0v) is 12.4. The second-order valence-corrected chi connectivity index (χ2v) is 5.18. The van der Waals surface area contributed by atoms with Crippen molar-refractivity contribution < 1.29 is 0 Å². The molecule has 4 heteroatoms. The van der Waals surface area contributed by atoms with Crippen molar-refractivity contribution in [2.24, 2.45) is 0 Å². The molecule has 0 atom stereocenters. The van der Waals surface area contributed by atoms with Gasteiger partial charge in [0.15, 0.2) is 0 Å². The number of hydrogen-bond acceptors (Lipinski definition) is 4. The molecule has 0 radical (unpaired) electrons. The molecule has 2 rings (SSSR count). The smallest absolute Gasteiger partial charge is 0.224 e. The minimum Gasteiger partial charge on any atom is -0.368 e. The Hall–Kier alpha value is -2.10. The average molecular weight is 270 g/mol. The van der Waals surface area contributed by atoms with Crippen LogP contribution in [0.1, 0.15) is 25.1 Å². The number of nitrogens with zero attached hydrogens (tertiary/aromatic N) is 2. The zero-order valence-electron chi connectivity index (χ0n) is 12.4. The monoisotopic (exact) mass is 270 g/mol. The highest BCUT2D eigenvalue weighted by Crippen LogP contribution is 2.11. The lowest BCUT2D eigenvalue weighted by molar-refractivity contribution is 0.882. The Morgan fingerprint density at radius 3 is 2.55 bits per heavy atom. The molecule has 1 aromatic heterocycles. The predicted molar refractivity (Wildman–Crippen MR) is 84.2 cm³/mol. The lowest BCUT2D eigenvalue weighted by atomic mass is 10.1. The maximum Gasteiger partial charge on any atom is 0.224 e. The Labute approximate surface area is 120 Å². The highest BCUT2D eigenvalue weighted by Gasteiger charge is 2.03. The van der Waals surface area contributed by atoms with E-state index < -0.39 is 0 Å². The molecule has 0 aliphatic rings. The van der Waals surface area contributed by atoms with Gasteiger partial charge in [-0.2, -0.15) is 4.98 Å². The van der Waals surface area contributed by atoms with Crippen LogP contribution in [0.15, 0.2) is 36.4 Å². The Bertz CT molecular complexity index is 537. The van der Waals surface area contributed by atoms with Gasteiger partial charge in [0.2, 0.25) is 5.95 Å². The molecule has 0 aliphatic carbocycles. The van der Waals surface area contributed by atoms with Crippen LogP contribution in [0, 0.1) is 6.92 Å². The third kappa shape index (κ3) is 4.53. The summed E-state index contributed by atoms with van der Waals surface area (Å²) in [6, 6.07) is 12.7. The van der Waals surface area contributed by atoms with Crippen molar-refractivity contribution >= 4 is 11.8 Å². The molecular weight excluding hydrogens is 248 g/mol. The fourth-order valence-corrected chi connectivity index (χ4v) is 1.98. The van der Waals surface area contributed by atoms with Crippen LogP contribution in [0.5, 0.6) is 0 Å². The van der Waals surface area contributed by atoms with Gasteiger partial charge in [-0.05, 0) is 32.8 Å². The molecule has 1 aromatic carbocycles. The van der Waals surface area contributed by atoms with E-state index in [-0.39, 0.29) is 0 Å². The highest BCUT2D eigenvalue weighted by molar-refractivity contribution is 5.42. The minimum absolute atomic E-state index is 0.362. The van der Waals surface area contributed by atoms with E-state index >= 15 is 0 Å². The Morgan fingerprint density at radius 2 is 1.85 bits per heavy atom. The fourth-order valence-electron chi connectivity index (χ4n) is 1.98. The molecule has 4 nitrogen and oxygen atoms in total. The van der Waals surface area contributed by atoms with Gasteiger partial charge in [0.25, 0.3) is 0 Å². The standard InChI is InChI=1S/C16H22N4/c1-12(2)18-15-11-13(3)19-16(20-15)17-10-9-14-7-5-4-6-8-14/h4-8,11-12H,9-10H2,1-3H3,(H2,17,18,19,20). The molecule has 106 valence electrons. The first-order valence-corrected chi connectivity index (χ1v) is 7.03. The molecule has 0 aliphatic heterocycles. The Balaban J connectivity index is 1.93. The van der Waals surface area contributed by atoms with Crippen LogP contribution in [-0.4, -0.2) is 22.6 Å². The van der Waals surface area contributed by atoms with E-state index in [4.69, 9.17) is 0 Å². The molecule has 0 saturated carbocycles. The molecular formula is C16H22N4. The third-order valence-corrected chi connectivity index (χ3v) is 2.83. The molecule has 2 N–H and O–H groups in total. The molecule has 0 bridgehead atoms. The lowest BCUT2D eigenvalue weighted by Gasteiger charge is -2.12. The quantitative estimate of drug-likeness (QED) is 0.846. The topological polar surface area (TPSA) is 49.8 Å². The normalized spacial score (nSPS) is 10.6. The van der Waals surface area contributed by atoms with Crippen LogP contribution in [0.4, 0.5) is 11.8 Å². The van der Waals surface area contributed by atoms with Gasteiger partial charge in [-0.15, -0.1) is 0 Å². The van der Waals surface area contributed by atoms with Gasteiger partial charge in [-0.1, -0.05) is 30.3 Å². The fraction of sp³-hybridized carbons (Fsp3) is 0.375. The minimum atomic E-state index is 0.362. The summed E-state index contributed by atoms with van der Waals surface area (Å²) in [5.41, 5.74) is 2.28. The van der Waals surface area contributed by atoms with Gasteiger partial charge in [-0.25, -0.2) is 4.98 Å². The van der Waals surface area contributed by atoms with Gasteiger partial charge >= 0.3 is 0 Å². The largest absolute Gasteiger partial charge is 0.368 e. The van der Waals surface area contributed by atoms with Crippen molar-refractivity contribution in [2.75, 3.05) is 17.2 Å². The van der Waals surface area contributed by atoms with Crippen LogP contribution < -0.4 is 10.6 Å². The summed E-state index contributed by atoms with van der Waals surface area (Å²) in [5, 5.41) is 6.59. The molecule has 0 saturated heterocycles. The summed E-state index contributed by atoms with van der Waals surface area (Å²) >= 11 is 0. The maximum atomic E-state index is 4.47. The first-order valence-electron chi connectivity index (χ1n) is 7.03. The second-order valence-electron chi connectivity index (χ2n) is 5.18. The van der Waals surface area contributed by atoms with E-state index in [0.717, 1.165) is 24.5 Å². The number of hydrogen-bond donors (Lipinski definition) is 2. The average Bonchev–Trinajstić information content (AvgIpc) is 2.38. The van der Waals surface area contributed by atoms with Crippen LogP contribution in [0.2, 0.25) is 0 Å². The van der Waals surface area contributed by atoms with E-state index in [2.05, 4.69) is 58.7 Å². The van der Waals surface area contributed by atoms with Gasteiger partial charge in [-0.3, -0.25) is 0 Å². The molecule has 1 heterocycles. The number of anilines is 2. The number of rotatable bonds is 6. The summed E-state index contributed by atoms with van der Waals surface area (Å²) in [4.78, 5) is 8.88. The van der Waals surface area contributed by atoms with Crippen molar-refractivity contribution in [3.8, 4) is 0 Å². The number of benzene rings is 1. The van der Waals surface area contributed by atoms with E-state index in [1.165, 1.54) is 5.56 Å². The Kier molecular flexibility index (Phi) is 4.93. The molecule has 2 aromatic rings. The maximum absolute atomic E-state index is 4.47. The molecule has 0 fully saturated rings. The van der Waals surface area contributed by atoms with Gasteiger partial charge < -0.3 is 10.6 Å². The summed E-state index contributed by atoms with van der Waals surface area (Å²) < 4.78 is 0. The summed E-state index contributed by atoms with van der Waals surface area (Å²) in [6.45, 7) is 7.00. The first kappa shape index (κ1) is 14.3. The van der Waals surface area contributed by atoms with Crippen LogP contribution >= 0.6 is 0 Å². The van der Waals surface area contributed by atoms with Crippen LogP contribution in [-0.2, 0) is 6.42 Å². The van der Waals surface area contributed by atoms with Crippen molar-refractivity contribution in [3.63, 3.8) is 0 Å². The number of nitrogens with one attached hydrogen (secondary N) is 2. The van der Waals surface area contributed by atoms with Crippen molar-refractivity contribution in [1.82, 2.24) is 9.97 Å². The van der Waals surface area contributed by atoms with Crippen LogP contribution in [0.3, 0.4) is 0 Å². The lowest BCUT2D eigenvalue weighted by Crippen LogP contribution is -2.14. The zero-order chi connectivity index (χ0) is 14.4. The van der Waals surface area contributed by atoms with Gasteiger partial charge in [0.1, 0.15) is 5.82 Å². The molecule has 0 amide bonds. The van der Waals surface area contributed by atoms with Crippen molar-refractivity contribution in [1.29, 1.82) is 0 Å². The second kappa shape index (κ2) is 6.89. The van der Waals surface area contributed by atoms with Gasteiger partial charge in [0.05, 0.1) is 0 Å².